The highest BCUT2D eigenvalue weighted by Gasteiger charge is 2.33. The summed E-state index contributed by atoms with van der Waals surface area (Å²) in [4.78, 5) is 21.2. The molecule has 0 saturated carbocycles. The van der Waals surface area contributed by atoms with Gasteiger partial charge in [0.15, 0.2) is 5.78 Å². The molecule has 0 bridgehead atoms. The molecule has 18 heavy (non-hydrogen) atoms. The Kier molecular flexibility index (Phi) is 4.44. The molecule has 0 aliphatic carbocycles. The number of Topliss-reactive ketones (excluding diaryl/α,β-unsaturated/α-hetero) is 1. The van der Waals surface area contributed by atoms with Gasteiger partial charge in [-0.15, -0.1) is 0 Å². The van der Waals surface area contributed by atoms with E-state index in [-0.39, 0.29) is 17.3 Å². The fourth-order valence-electron chi connectivity index (χ4n) is 1.32. The van der Waals surface area contributed by atoms with Crippen molar-refractivity contribution >= 4 is 27.4 Å². The van der Waals surface area contributed by atoms with Gasteiger partial charge >= 0.3 is 6.18 Å². The molecule has 0 amide bonds. The van der Waals surface area contributed by atoms with Gasteiger partial charge in [0, 0.05) is 17.8 Å². The van der Waals surface area contributed by atoms with E-state index >= 15 is 0 Å². The van der Waals surface area contributed by atoms with Crippen LogP contribution < -0.4 is 0 Å². The van der Waals surface area contributed by atoms with Gasteiger partial charge in [-0.05, 0) is 12.1 Å². The zero-order valence-corrected chi connectivity index (χ0v) is 10.4. The Hall–Kier alpha value is -1.44. The molecule has 0 aliphatic heterocycles. The highest BCUT2D eigenvalue weighted by atomic mass is 79.9. The lowest BCUT2D eigenvalue weighted by atomic mass is 10.0. The molecule has 8 heteroatoms. The molecule has 0 spiro atoms. The Morgan fingerprint density at radius 1 is 1.39 bits per heavy atom. The fourth-order valence-corrected chi connectivity index (χ4v) is 1.68. The second kappa shape index (κ2) is 5.47. The number of hydrogen-bond donors (Lipinski definition) is 0. The van der Waals surface area contributed by atoms with Crippen LogP contribution in [-0.2, 0) is 6.18 Å². The first-order valence-corrected chi connectivity index (χ1v) is 5.84. The van der Waals surface area contributed by atoms with Gasteiger partial charge in [-0.3, -0.25) is 14.9 Å². The monoisotopic (exact) mass is 325 g/mol. The lowest BCUT2D eigenvalue weighted by Gasteiger charge is -2.08. The molecule has 0 fully saturated rings. The van der Waals surface area contributed by atoms with Crippen molar-refractivity contribution in [3.05, 3.63) is 39.4 Å². The molecular weight excluding hydrogens is 319 g/mol. The molecule has 0 unspecified atom stereocenters. The molecule has 1 aromatic rings. The number of carbonyl (C=O) groups excluding carboxylic acids is 1. The molecule has 0 aliphatic rings. The number of benzene rings is 1. The van der Waals surface area contributed by atoms with Crippen LogP contribution in [-0.4, -0.2) is 16.0 Å². The van der Waals surface area contributed by atoms with Gasteiger partial charge in [0.1, 0.15) is 0 Å². The maximum absolute atomic E-state index is 12.4. The van der Waals surface area contributed by atoms with Crippen LogP contribution >= 0.6 is 15.9 Å². The lowest BCUT2D eigenvalue weighted by Crippen LogP contribution is -2.09. The minimum absolute atomic E-state index is 0.0216. The maximum atomic E-state index is 12.4. The fraction of sp³-hybridized carbons (Fsp3) is 0.300. The second-order valence-corrected chi connectivity index (χ2v) is 4.14. The van der Waals surface area contributed by atoms with Crippen LogP contribution in [0.2, 0.25) is 0 Å². The minimum Gasteiger partial charge on any atom is -0.294 e. The molecule has 1 rings (SSSR count). The van der Waals surface area contributed by atoms with E-state index in [1.165, 1.54) is 0 Å². The van der Waals surface area contributed by atoms with E-state index in [0.29, 0.717) is 12.1 Å². The van der Waals surface area contributed by atoms with E-state index in [2.05, 4.69) is 15.9 Å². The summed E-state index contributed by atoms with van der Waals surface area (Å²) in [5, 5.41) is 11.0. The Bertz CT molecular complexity index is 488. The first-order valence-electron chi connectivity index (χ1n) is 4.72. The molecule has 0 radical (unpaired) electrons. The quantitative estimate of drug-likeness (QED) is 0.368. The summed E-state index contributed by atoms with van der Waals surface area (Å²) in [6.07, 6.45) is -4.70. The van der Waals surface area contributed by atoms with Crippen molar-refractivity contribution in [3.63, 3.8) is 0 Å². The third-order valence-electron chi connectivity index (χ3n) is 2.14. The summed E-state index contributed by atoms with van der Waals surface area (Å²) >= 11 is 2.98. The molecule has 0 atom stereocenters. The number of ketones is 1. The van der Waals surface area contributed by atoms with E-state index in [9.17, 15) is 28.1 Å². The summed E-state index contributed by atoms with van der Waals surface area (Å²) in [5.74, 6) is -0.577. The van der Waals surface area contributed by atoms with Crippen LogP contribution in [0.3, 0.4) is 0 Å². The van der Waals surface area contributed by atoms with Crippen molar-refractivity contribution in [2.24, 2.45) is 0 Å². The summed E-state index contributed by atoms with van der Waals surface area (Å²) in [7, 11) is 0. The van der Waals surface area contributed by atoms with Gasteiger partial charge in [0.05, 0.1) is 16.1 Å². The molecule has 0 N–H and O–H groups in total. The van der Waals surface area contributed by atoms with Crippen molar-refractivity contribution in [2.75, 3.05) is 5.33 Å². The van der Waals surface area contributed by atoms with Crippen molar-refractivity contribution in [1.29, 1.82) is 0 Å². The van der Waals surface area contributed by atoms with E-state index < -0.39 is 28.1 Å². The number of halogens is 4. The average molecular weight is 326 g/mol. The zero-order chi connectivity index (χ0) is 13.9. The van der Waals surface area contributed by atoms with Crippen LogP contribution in [0, 0.1) is 10.1 Å². The smallest absolute Gasteiger partial charge is 0.294 e. The predicted molar refractivity (Wildman–Crippen MR) is 60.8 cm³/mol. The summed E-state index contributed by atoms with van der Waals surface area (Å²) in [6.45, 7) is 0. The number of rotatable bonds is 4. The first kappa shape index (κ1) is 14.6. The molecular formula is C10H7BrF3NO3. The highest BCUT2D eigenvalue weighted by Crippen LogP contribution is 2.33. The van der Waals surface area contributed by atoms with Crippen molar-refractivity contribution in [2.45, 2.75) is 12.6 Å². The zero-order valence-electron chi connectivity index (χ0n) is 8.83. The van der Waals surface area contributed by atoms with E-state index in [4.69, 9.17) is 0 Å². The molecule has 4 nitrogen and oxygen atoms in total. The largest absolute Gasteiger partial charge is 0.416 e. The van der Waals surface area contributed by atoms with Crippen molar-refractivity contribution < 1.29 is 22.9 Å². The average Bonchev–Trinajstić information content (AvgIpc) is 2.27. The first-order chi connectivity index (χ1) is 8.27. The van der Waals surface area contributed by atoms with Crippen molar-refractivity contribution in [1.82, 2.24) is 0 Å². The molecule has 98 valence electrons. The number of nitrogens with zero attached hydrogens (tertiary/aromatic N) is 1. The van der Waals surface area contributed by atoms with Crippen LogP contribution in [0.4, 0.5) is 18.9 Å². The van der Waals surface area contributed by atoms with Crippen molar-refractivity contribution in [3.8, 4) is 0 Å². The Labute approximate surface area is 108 Å². The lowest BCUT2D eigenvalue weighted by molar-refractivity contribution is -0.385. The standard InChI is InChI=1S/C10H7BrF3NO3/c11-4-3-9(16)7-2-1-6(10(12,13)14)5-8(7)15(17)18/h1-2,5H,3-4H2. The third kappa shape index (κ3) is 3.28. The topological polar surface area (TPSA) is 60.2 Å². The van der Waals surface area contributed by atoms with Crippen LogP contribution in [0.25, 0.3) is 0 Å². The van der Waals surface area contributed by atoms with Crippen LogP contribution in [0.1, 0.15) is 22.3 Å². The van der Waals surface area contributed by atoms with E-state index in [1.807, 2.05) is 0 Å². The van der Waals surface area contributed by atoms with Gasteiger partial charge in [-0.2, -0.15) is 13.2 Å². The van der Waals surface area contributed by atoms with Gasteiger partial charge in [-0.1, -0.05) is 15.9 Å². The van der Waals surface area contributed by atoms with Gasteiger partial charge in [-0.25, -0.2) is 0 Å². The molecule has 1 aromatic carbocycles. The van der Waals surface area contributed by atoms with Crippen LogP contribution in [0.15, 0.2) is 18.2 Å². The summed E-state index contributed by atoms with van der Waals surface area (Å²) in [6, 6.07) is 1.88. The number of nitro groups is 1. The molecule has 0 heterocycles. The SMILES string of the molecule is O=C(CCBr)c1ccc(C(F)(F)F)cc1[N+](=O)[O-]. The number of carbonyl (C=O) groups is 1. The Morgan fingerprint density at radius 3 is 2.44 bits per heavy atom. The predicted octanol–water partition coefficient (Wildman–Crippen LogP) is 3.58. The third-order valence-corrected chi connectivity index (χ3v) is 2.54. The summed E-state index contributed by atoms with van der Waals surface area (Å²) < 4.78 is 37.2. The normalized spacial score (nSPS) is 11.3. The number of nitro benzene ring substituents is 1. The van der Waals surface area contributed by atoms with Gasteiger partial charge in [0.25, 0.3) is 5.69 Å². The Balaban J connectivity index is 3.30. The van der Waals surface area contributed by atoms with Gasteiger partial charge < -0.3 is 0 Å². The van der Waals surface area contributed by atoms with E-state index in [0.717, 1.165) is 6.07 Å². The molecule has 0 saturated heterocycles. The highest BCUT2D eigenvalue weighted by molar-refractivity contribution is 9.09. The second-order valence-electron chi connectivity index (χ2n) is 3.35. The molecule has 0 aromatic heterocycles. The number of alkyl halides is 4. The van der Waals surface area contributed by atoms with Gasteiger partial charge in [0.2, 0.25) is 0 Å². The Morgan fingerprint density at radius 2 is 2.00 bits per heavy atom. The number of hydrogen-bond acceptors (Lipinski definition) is 3. The summed E-state index contributed by atoms with van der Waals surface area (Å²) in [5.41, 5.74) is -2.28. The minimum atomic E-state index is -4.68. The maximum Gasteiger partial charge on any atom is 0.416 e. The van der Waals surface area contributed by atoms with Crippen LogP contribution in [0.5, 0.6) is 0 Å². The van der Waals surface area contributed by atoms with E-state index in [1.54, 1.807) is 0 Å².